The number of nitrogens with zero attached hydrogens (tertiary/aromatic N) is 3. The van der Waals surface area contributed by atoms with E-state index in [9.17, 15) is 0 Å². The average Bonchev–Trinajstić information content (AvgIpc) is 2.84. The average molecular weight is 301 g/mol. The number of rotatable bonds is 1. The highest BCUT2D eigenvalue weighted by Crippen LogP contribution is 2.41. The van der Waals surface area contributed by atoms with Crippen molar-refractivity contribution >= 4 is 27.4 Å². The summed E-state index contributed by atoms with van der Waals surface area (Å²) in [6, 6.07) is 0. The number of piperidine rings is 1. The zero-order valence-electron chi connectivity index (χ0n) is 13.0. The fraction of sp³-hybridized carbons (Fsp3) is 0.647. The maximum Gasteiger partial charge on any atom is 0.141 e. The number of fused-ring (bicyclic) bond motifs is 3. The minimum atomic E-state index is 0.818. The van der Waals surface area contributed by atoms with Crippen LogP contribution in [-0.4, -0.2) is 23.1 Å². The Morgan fingerprint density at radius 1 is 1.14 bits per heavy atom. The van der Waals surface area contributed by atoms with Crippen molar-refractivity contribution in [3.8, 4) is 0 Å². The van der Waals surface area contributed by atoms with Crippen molar-refractivity contribution in [2.45, 2.75) is 52.4 Å². The number of hydrogen-bond donors (Lipinski definition) is 0. The monoisotopic (exact) mass is 301 g/mol. The first kappa shape index (κ1) is 13.5. The van der Waals surface area contributed by atoms with Gasteiger partial charge >= 0.3 is 0 Å². The van der Waals surface area contributed by atoms with E-state index in [0.29, 0.717) is 0 Å². The molecule has 21 heavy (non-hydrogen) atoms. The van der Waals surface area contributed by atoms with Gasteiger partial charge in [0.1, 0.15) is 16.5 Å². The molecule has 3 nitrogen and oxygen atoms in total. The van der Waals surface area contributed by atoms with Gasteiger partial charge in [-0.3, -0.25) is 0 Å². The minimum Gasteiger partial charge on any atom is -0.356 e. The molecule has 0 amide bonds. The third-order valence-electron chi connectivity index (χ3n) is 4.90. The maximum absolute atomic E-state index is 4.85. The van der Waals surface area contributed by atoms with Crippen LogP contribution in [0.4, 0.5) is 5.82 Å². The van der Waals surface area contributed by atoms with Crippen molar-refractivity contribution in [2.24, 2.45) is 5.92 Å². The molecular formula is C17H23N3S. The number of hydrogen-bond acceptors (Lipinski definition) is 4. The second-order valence-electron chi connectivity index (χ2n) is 6.67. The van der Waals surface area contributed by atoms with Crippen LogP contribution in [-0.2, 0) is 12.8 Å². The van der Waals surface area contributed by atoms with Gasteiger partial charge in [-0.25, -0.2) is 9.97 Å². The largest absolute Gasteiger partial charge is 0.356 e. The number of anilines is 1. The normalized spacial score (nSPS) is 22.6. The van der Waals surface area contributed by atoms with Crippen LogP contribution in [0.1, 0.15) is 48.9 Å². The molecule has 112 valence electrons. The van der Waals surface area contributed by atoms with Gasteiger partial charge < -0.3 is 4.90 Å². The molecule has 1 aliphatic carbocycles. The Balaban J connectivity index is 1.88. The molecule has 3 heterocycles. The second-order valence-corrected chi connectivity index (χ2v) is 7.76. The van der Waals surface area contributed by atoms with E-state index in [0.717, 1.165) is 24.8 Å². The summed E-state index contributed by atoms with van der Waals surface area (Å²) in [6.07, 6.45) is 7.72. The molecule has 1 aliphatic heterocycles. The Morgan fingerprint density at radius 3 is 2.76 bits per heavy atom. The SMILES string of the molecule is Cc1nc(N2CCCCC2)c2c3c(sc2n1)CC(C)CC3. The topological polar surface area (TPSA) is 29.0 Å². The molecule has 1 atom stereocenters. The molecule has 0 N–H and O–H groups in total. The zero-order valence-corrected chi connectivity index (χ0v) is 13.8. The van der Waals surface area contributed by atoms with Crippen molar-refractivity contribution in [2.75, 3.05) is 18.0 Å². The van der Waals surface area contributed by atoms with E-state index in [4.69, 9.17) is 9.97 Å². The Morgan fingerprint density at radius 2 is 1.95 bits per heavy atom. The highest BCUT2D eigenvalue weighted by molar-refractivity contribution is 7.19. The van der Waals surface area contributed by atoms with Gasteiger partial charge in [-0.2, -0.15) is 0 Å². The van der Waals surface area contributed by atoms with Crippen molar-refractivity contribution in [1.82, 2.24) is 9.97 Å². The van der Waals surface area contributed by atoms with Crippen LogP contribution in [0.25, 0.3) is 10.2 Å². The molecular weight excluding hydrogens is 278 g/mol. The summed E-state index contributed by atoms with van der Waals surface area (Å²) in [5.74, 6) is 2.97. The molecule has 0 radical (unpaired) electrons. The van der Waals surface area contributed by atoms with Crippen molar-refractivity contribution in [1.29, 1.82) is 0 Å². The van der Waals surface area contributed by atoms with Gasteiger partial charge in [0.25, 0.3) is 0 Å². The molecule has 1 unspecified atom stereocenters. The predicted molar refractivity (Wildman–Crippen MR) is 89.4 cm³/mol. The molecule has 4 rings (SSSR count). The van der Waals surface area contributed by atoms with E-state index in [-0.39, 0.29) is 0 Å². The zero-order chi connectivity index (χ0) is 14.4. The number of thiophene rings is 1. The van der Waals surface area contributed by atoms with Crippen LogP contribution in [0.5, 0.6) is 0 Å². The Bertz CT molecular complexity index is 670. The minimum absolute atomic E-state index is 0.818. The molecule has 2 aliphatic rings. The smallest absolute Gasteiger partial charge is 0.141 e. The number of aryl methyl sites for hydroxylation is 2. The molecule has 0 aromatic carbocycles. The molecule has 0 saturated carbocycles. The standard InChI is InChI=1S/C17H23N3S/c1-11-6-7-13-14(10-11)21-17-15(13)16(18-12(2)19-17)20-8-4-3-5-9-20/h11H,3-10H2,1-2H3. The summed E-state index contributed by atoms with van der Waals surface area (Å²) in [5.41, 5.74) is 1.56. The first-order valence-corrected chi connectivity index (χ1v) is 9.08. The second kappa shape index (κ2) is 5.24. The molecule has 0 spiro atoms. The van der Waals surface area contributed by atoms with Crippen LogP contribution in [0.2, 0.25) is 0 Å². The van der Waals surface area contributed by atoms with Crippen molar-refractivity contribution in [3.63, 3.8) is 0 Å². The summed E-state index contributed by atoms with van der Waals surface area (Å²) < 4.78 is 0. The summed E-state index contributed by atoms with van der Waals surface area (Å²) in [4.78, 5) is 14.9. The highest BCUT2D eigenvalue weighted by Gasteiger charge is 2.25. The van der Waals surface area contributed by atoms with Gasteiger partial charge in [-0.1, -0.05) is 6.92 Å². The van der Waals surface area contributed by atoms with Crippen molar-refractivity contribution < 1.29 is 0 Å². The van der Waals surface area contributed by atoms with Gasteiger partial charge in [-0.05, 0) is 56.9 Å². The lowest BCUT2D eigenvalue weighted by Crippen LogP contribution is -2.30. The van der Waals surface area contributed by atoms with Gasteiger partial charge in [0.2, 0.25) is 0 Å². The van der Waals surface area contributed by atoms with Crippen LogP contribution in [0.3, 0.4) is 0 Å². The van der Waals surface area contributed by atoms with Crippen LogP contribution >= 0.6 is 11.3 Å². The van der Waals surface area contributed by atoms with E-state index in [1.807, 2.05) is 18.3 Å². The van der Waals surface area contributed by atoms with Gasteiger partial charge in [0.05, 0.1) is 5.39 Å². The van der Waals surface area contributed by atoms with E-state index >= 15 is 0 Å². The summed E-state index contributed by atoms with van der Waals surface area (Å²) in [6.45, 7) is 6.73. The van der Waals surface area contributed by atoms with Crippen molar-refractivity contribution in [3.05, 3.63) is 16.3 Å². The summed E-state index contributed by atoms with van der Waals surface area (Å²) in [5, 5.41) is 1.38. The Kier molecular flexibility index (Phi) is 3.37. The molecule has 2 aromatic rings. The van der Waals surface area contributed by atoms with Crippen LogP contribution in [0, 0.1) is 12.8 Å². The molecule has 1 fully saturated rings. The number of aromatic nitrogens is 2. The van der Waals surface area contributed by atoms with E-state index in [1.54, 1.807) is 10.4 Å². The predicted octanol–water partition coefficient (Wildman–Crippen LogP) is 4.11. The van der Waals surface area contributed by atoms with E-state index in [2.05, 4.69) is 11.8 Å². The summed E-state index contributed by atoms with van der Waals surface area (Å²) in [7, 11) is 0. The Labute approximate surface area is 130 Å². The third-order valence-corrected chi connectivity index (χ3v) is 6.05. The molecule has 1 saturated heterocycles. The molecule has 2 aromatic heterocycles. The van der Waals surface area contributed by atoms with E-state index in [1.165, 1.54) is 54.6 Å². The maximum atomic E-state index is 4.85. The lowest BCUT2D eigenvalue weighted by Gasteiger charge is -2.29. The van der Waals surface area contributed by atoms with E-state index < -0.39 is 0 Å². The lowest BCUT2D eigenvalue weighted by atomic mass is 9.89. The van der Waals surface area contributed by atoms with Crippen LogP contribution in [0.15, 0.2) is 0 Å². The van der Waals surface area contributed by atoms with Gasteiger partial charge in [0.15, 0.2) is 0 Å². The quantitative estimate of drug-likeness (QED) is 0.793. The first-order valence-electron chi connectivity index (χ1n) is 8.26. The first-order chi connectivity index (χ1) is 10.2. The Hall–Kier alpha value is -1.16. The highest BCUT2D eigenvalue weighted by atomic mass is 32.1. The van der Waals surface area contributed by atoms with Crippen LogP contribution < -0.4 is 4.90 Å². The molecule has 4 heteroatoms. The third kappa shape index (κ3) is 2.33. The fourth-order valence-electron chi connectivity index (χ4n) is 3.76. The van der Waals surface area contributed by atoms with Gasteiger partial charge in [-0.15, -0.1) is 11.3 Å². The van der Waals surface area contributed by atoms with Gasteiger partial charge in [0, 0.05) is 18.0 Å². The lowest BCUT2D eigenvalue weighted by molar-refractivity contribution is 0.509. The fourth-order valence-corrected chi connectivity index (χ4v) is 5.18. The molecule has 0 bridgehead atoms. The summed E-state index contributed by atoms with van der Waals surface area (Å²) >= 11 is 1.92.